The predicted octanol–water partition coefficient (Wildman–Crippen LogP) is 2.01. The summed E-state index contributed by atoms with van der Waals surface area (Å²) >= 11 is 0. The smallest absolute Gasteiger partial charge is 0.191 e. The lowest BCUT2D eigenvalue weighted by Crippen LogP contribution is -2.37. The molecule has 0 spiro atoms. The summed E-state index contributed by atoms with van der Waals surface area (Å²) in [5, 5.41) is 6.60. The van der Waals surface area contributed by atoms with Crippen LogP contribution >= 0.6 is 0 Å². The maximum Gasteiger partial charge on any atom is 0.191 e. The van der Waals surface area contributed by atoms with Crippen molar-refractivity contribution in [2.45, 2.75) is 13.0 Å². The summed E-state index contributed by atoms with van der Waals surface area (Å²) in [6.07, 6.45) is 2.67. The van der Waals surface area contributed by atoms with E-state index in [1.165, 1.54) is 0 Å². The van der Waals surface area contributed by atoms with Crippen molar-refractivity contribution >= 4 is 5.96 Å². The second-order valence-electron chi connectivity index (χ2n) is 5.41. The molecule has 134 valence electrons. The van der Waals surface area contributed by atoms with Gasteiger partial charge in [-0.25, -0.2) is 0 Å². The Kier molecular flexibility index (Phi) is 8.27. The molecule has 1 heterocycles. The summed E-state index contributed by atoms with van der Waals surface area (Å²) in [4.78, 5) is 8.55. The molecule has 0 unspecified atom stereocenters. The van der Waals surface area contributed by atoms with Gasteiger partial charge in [0.05, 0.1) is 6.61 Å². The van der Waals surface area contributed by atoms with Gasteiger partial charge >= 0.3 is 0 Å². The summed E-state index contributed by atoms with van der Waals surface area (Å²) in [6, 6.07) is 13.9. The molecule has 0 saturated heterocycles. The molecule has 0 aliphatic rings. The Bertz CT molecular complexity index is 630. The van der Waals surface area contributed by atoms with Crippen LogP contribution in [0.5, 0.6) is 5.75 Å². The molecule has 2 aromatic rings. The molecule has 0 aliphatic carbocycles. The maximum atomic E-state index is 5.56. The number of pyridine rings is 1. The van der Waals surface area contributed by atoms with Crippen molar-refractivity contribution in [2.75, 3.05) is 33.9 Å². The van der Waals surface area contributed by atoms with Crippen LogP contribution in [0.2, 0.25) is 0 Å². The zero-order valence-electron chi connectivity index (χ0n) is 14.9. The lowest BCUT2D eigenvalue weighted by Gasteiger charge is -2.12. The third-order valence-electron chi connectivity index (χ3n) is 3.56. The van der Waals surface area contributed by atoms with Crippen molar-refractivity contribution in [2.24, 2.45) is 4.99 Å². The summed E-state index contributed by atoms with van der Waals surface area (Å²) in [5.74, 6) is 1.62. The topological polar surface area (TPSA) is 67.8 Å². The molecule has 25 heavy (non-hydrogen) atoms. The third kappa shape index (κ3) is 7.22. The number of nitrogens with zero attached hydrogens (tertiary/aromatic N) is 2. The van der Waals surface area contributed by atoms with Crippen LogP contribution in [0.25, 0.3) is 0 Å². The van der Waals surface area contributed by atoms with Gasteiger partial charge in [0.25, 0.3) is 0 Å². The van der Waals surface area contributed by atoms with Crippen molar-refractivity contribution in [3.8, 4) is 5.75 Å². The van der Waals surface area contributed by atoms with Crippen molar-refractivity contribution in [3.63, 3.8) is 0 Å². The van der Waals surface area contributed by atoms with Crippen LogP contribution in [0.15, 0.2) is 53.7 Å². The van der Waals surface area contributed by atoms with E-state index in [1.54, 1.807) is 14.2 Å². The van der Waals surface area contributed by atoms with Crippen LogP contribution < -0.4 is 15.4 Å². The summed E-state index contributed by atoms with van der Waals surface area (Å²) in [7, 11) is 3.43. The van der Waals surface area contributed by atoms with E-state index in [0.29, 0.717) is 19.8 Å². The van der Waals surface area contributed by atoms with E-state index >= 15 is 0 Å². The highest BCUT2D eigenvalue weighted by Gasteiger charge is 2.00. The first-order chi connectivity index (χ1) is 12.3. The van der Waals surface area contributed by atoms with Gasteiger partial charge in [0.2, 0.25) is 0 Å². The quantitative estimate of drug-likeness (QED) is 0.415. The Morgan fingerprint density at radius 3 is 2.60 bits per heavy atom. The van der Waals surface area contributed by atoms with Crippen LogP contribution in [0.3, 0.4) is 0 Å². The first-order valence-corrected chi connectivity index (χ1v) is 8.37. The minimum absolute atomic E-state index is 0.556. The van der Waals surface area contributed by atoms with Gasteiger partial charge in [-0.05, 0) is 29.8 Å². The molecule has 0 saturated carbocycles. The number of aromatic nitrogens is 1. The lowest BCUT2D eigenvalue weighted by molar-refractivity contribution is 0.146. The fourth-order valence-corrected chi connectivity index (χ4v) is 2.21. The number of hydrogen-bond acceptors (Lipinski definition) is 4. The van der Waals surface area contributed by atoms with Crippen LogP contribution in [-0.4, -0.2) is 44.9 Å². The Hall–Kier alpha value is -2.60. The Balaban J connectivity index is 1.71. The maximum absolute atomic E-state index is 5.56. The van der Waals surface area contributed by atoms with E-state index in [2.05, 4.69) is 20.6 Å². The summed E-state index contributed by atoms with van der Waals surface area (Å²) in [5.41, 5.74) is 2.22. The Morgan fingerprint density at radius 1 is 1.08 bits per heavy atom. The normalized spacial score (nSPS) is 11.2. The highest BCUT2D eigenvalue weighted by molar-refractivity contribution is 5.79. The number of nitrogens with one attached hydrogen (secondary N) is 2. The van der Waals surface area contributed by atoms with E-state index in [4.69, 9.17) is 9.47 Å². The summed E-state index contributed by atoms with van der Waals surface area (Å²) in [6.45, 7) is 2.62. The first kappa shape index (κ1) is 18.7. The van der Waals surface area contributed by atoms with Crippen LogP contribution in [0.1, 0.15) is 11.3 Å². The second kappa shape index (κ2) is 11.0. The van der Waals surface area contributed by atoms with Gasteiger partial charge in [-0.2, -0.15) is 0 Å². The number of aliphatic imine (C=N–C) groups is 1. The second-order valence-corrected chi connectivity index (χ2v) is 5.41. The number of benzene rings is 1. The molecule has 0 fully saturated rings. The molecule has 2 rings (SSSR count). The van der Waals surface area contributed by atoms with Crippen LogP contribution in [-0.2, 0) is 17.7 Å². The van der Waals surface area contributed by atoms with Gasteiger partial charge in [-0.15, -0.1) is 0 Å². The predicted molar refractivity (Wildman–Crippen MR) is 100.0 cm³/mol. The summed E-state index contributed by atoms with van der Waals surface area (Å²) < 4.78 is 10.5. The van der Waals surface area contributed by atoms with Gasteiger partial charge in [0, 0.05) is 45.6 Å². The van der Waals surface area contributed by atoms with E-state index in [1.807, 2.05) is 48.7 Å². The van der Waals surface area contributed by atoms with E-state index < -0.39 is 0 Å². The van der Waals surface area contributed by atoms with Gasteiger partial charge in [0.1, 0.15) is 12.4 Å². The molecule has 1 aromatic carbocycles. The minimum Gasteiger partial charge on any atom is -0.491 e. The van der Waals surface area contributed by atoms with Crippen molar-refractivity contribution in [3.05, 3.63) is 59.9 Å². The molecule has 2 N–H and O–H groups in total. The zero-order valence-corrected chi connectivity index (χ0v) is 14.9. The van der Waals surface area contributed by atoms with Gasteiger partial charge in [-0.1, -0.05) is 18.2 Å². The molecule has 0 amide bonds. The fourth-order valence-electron chi connectivity index (χ4n) is 2.21. The number of ether oxygens (including phenoxy) is 2. The number of methoxy groups -OCH3 is 1. The highest BCUT2D eigenvalue weighted by Crippen LogP contribution is 2.11. The first-order valence-electron chi connectivity index (χ1n) is 8.37. The van der Waals surface area contributed by atoms with E-state index in [9.17, 15) is 0 Å². The van der Waals surface area contributed by atoms with Crippen LogP contribution in [0, 0.1) is 0 Å². The van der Waals surface area contributed by atoms with E-state index in [-0.39, 0.29) is 0 Å². The largest absolute Gasteiger partial charge is 0.491 e. The third-order valence-corrected chi connectivity index (χ3v) is 3.56. The fraction of sp³-hybridized carbons (Fsp3) is 0.368. The number of hydrogen-bond donors (Lipinski definition) is 2. The molecular weight excluding hydrogens is 316 g/mol. The average Bonchev–Trinajstić information content (AvgIpc) is 2.66. The number of guanidine groups is 1. The Labute approximate surface area is 149 Å². The molecule has 0 aliphatic heterocycles. The lowest BCUT2D eigenvalue weighted by atomic mass is 10.2. The molecule has 6 heteroatoms. The molecule has 0 bridgehead atoms. The van der Waals surface area contributed by atoms with Gasteiger partial charge < -0.3 is 20.1 Å². The molecule has 1 aromatic heterocycles. The molecule has 0 atom stereocenters. The zero-order chi connectivity index (χ0) is 17.7. The molecular formula is C19H26N4O2. The SMILES string of the molecule is CN=C(NCCc1ccccn1)NCc1ccc(OCCOC)cc1. The monoisotopic (exact) mass is 342 g/mol. The van der Waals surface area contributed by atoms with Crippen molar-refractivity contribution in [1.29, 1.82) is 0 Å². The van der Waals surface area contributed by atoms with Crippen LogP contribution in [0.4, 0.5) is 0 Å². The van der Waals surface area contributed by atoms with E-state index in [0.717, 1.165) is 35.9 Å². The Morgan fingerprint density at radius 2 is 1.92 bits per heavy atom. The van der Waals surface area contributed by atoms with Gasteiger partial charge in [-0.3, -0.25) is 9.98 Å². The average molecular weight is 342 g/mol. The number of rotatable bonds is 9. The molecule has 0 radical (unpaired) electrons. The highest BCUT2D eigenvalue weighted by atomic mass is 16.5. The minimum atomic E-state index is 0.556. The van der Waals surface area contributed by atoms with Gasteiger partial charge in [0.15, 0.2) is 5.96 Å². The van der Waals surface area contributed by atoms with Crippen molar-refractivity contribution in [1.82, 2.24) is 15.6 Å². The molecule has 6 nitrogen and oxygen atoms in total. The van der Waals surface area contributed by atoms with Crippen molar-refractivity contribution < 1.29 is 9.47 Å². The standard InChI is InChI=1S/C19H26N4O2/c1-20-19(22-12-10-17-5-3-4-11-21-17)23-15-16-6-8-18(9-7-16)25-14-13-24-2/h3-9,11H,10,12-15H2,1-2H3,(H2,20,22,23).